The first-order chi connectivity index (χ1) is 9.58. The molecule has 1 saturated carbocycles. The number of ether oxygens (including phenoxy) is 1. The first kappa shape index (κ1) is 14.1. The summed E-state index contributed by atoms with van der Waals surface area (Å²) in [5, 5.41) is 3.89. The molecule has 1 heterocycles. The van der Waals surface area contributed by atoms with E-state index in [0.717, 1.165) is 12.5 Å². The van der Waals surface area contributed by atoms with E-state index in [9.17, 15) is 0 Å². The lowest BCUT2D eigenvalue weighted by Gasteiger charge is -2.48. The normalized spacial score (nSPS) is 38.0. The molecule has 3 rings (SSSR count). The molecule has 110 valence electrons. The van der Waals surface area contributed by atoms with Crippen molar-refractivity contribution in [2.45, 2.75) is 64.1 Å². The molecule has 0 bridgehead atoms. The van der Waals surface area contributed by atoms with Crippen LogP contribution in [0.25, 0.3) is 0 Å². The monoisotopic (exact) mass is 273 g/mol. The molecule has 2 heteroatoms. The number of hydrogen-bond acceptors (Lipinski definition) is 2. The second-order valence-corrected chi connectivity index (χ2v) is 7.04. The first-order valence-corrected chi connectivity index (χ1v) is 8.04. The van der Waals surface area contributed by atoms with Gasteiger partial charge >= 0.3 is 0 Å². The molecule has 0 radical (unpaired) electrons. The van der Waals surface area contributed by atoms with Crippen molar-refractivity contribution in [3.05, 3.63) is 35.4 Å². The largest absolute Gasteiger partial charge is 0.370 e. The quantitative estimate of drug-likeness (QED) is 0.835. The summed E-state index contributed by atoms with van der Waals surface area (Å²) in [7, 11) is 0. The zero-order valence-electron chi connectivity index (χ0n) is 13.0. The Hall–Kier alpha value is -0.860. The number of morpholine rings is 1. The lowest BCUT2D eigenvalue weighted by atomic mass is 9.76. The predicted molar refractivity (Wildman–Crippen MR) is 82.8 cm³/mol. The Bertz CT molecular complexity index is 445. The van der Waals surface area contributed by atoms with Gasteiger partial charge in [0.1, 0.15) is 0 Å². The van der Waals surface area contributed by atoms with Gasteiger partial charge in [-0.2, -0.15) is 0 Å². The van der Waals surface area contributed by atoms with Crippen LogP contribution in [0.2, 0.25) is 0 Å². The van der Waals surface area contributed by atoms with Gasteiger partial charge in [-0.25, -0.2) is 0 Å². The average molecular weight is 273 g/mol. The molecular weight excluding hydrogens is 246 g/mol. The molecule has 1 aromatic carbocycles. The van der Waals surface area contributed by atoms with Gasteiger partial charge in [-0.1, -0.05) is 36.8 Å². The summed E-state index contributed by atoms with van der Waals surface area (Å²) < 4.78 is 6.28. The predicted octanol–water partition coefficient (Wildman–Crippen LogP) is 3.99. The fourth-order valence-electron chi connectivity index (χ4n) is 3.74. The molecule has 2 fully saturated rings. The van der Waals surface area contributed by atoms with Crippen LogP contribution in [0.3, 0.4) is 0 Å². The van der Waals surface area contributed by atoms with E-state index in [2.05, 4.69) is 50.4 Å². The fourth-order valence-corrected chi connectivity index (χ4v) is 3.74. The van der Waals surface area contributed by atoms with Crippen molar-refractivity contribution in [2.75, 3.05) is 6.61 Å². The van der Waals surface area contributed by atoms with Crippen molar-refractivity contribution in [2.24, 2.45) is 5.92 Å². The molecule has 2 nitrogen and oxygen atoms in total. The van der Waals surface area contributed by atoms with E-state index in [-0.39, 0.29) is 11.6 Å². The van der Waals surface area contributed by atoms with E-state index < -0.39 is 0 Å². The highest BCUT2D eigenvalue weighted by atomic mass is 16.5. The standard InChI is InChI=1S/C18H27NO/c1-13-4-6-16(7-5-13)17-15(3)19-18(12-20-17)10-8-14(2)9-11-18/h4-7,14-15,17,19H,8-12H2,1-3H3. The minimum atomic E-state index is 0.195. The Balaban J connectivity index is 1.69. The van der Waals surface area contributed by atoms with Crippen molar-refractivity contribution in [1.82, 2.24) is 5.32 Å². The second kappa shape index (κ2) is 5.50. The molecule has 20 heavy (non-hydrogen) atoms. The maximum absolute atomic E-state index is 6.28. The van der Waals surface area contributed by atoms with Crippen LogP contribution in [0, 0.1) is 12.8 Å². The van der Waals surface area contributed by atoms with E-state index in [4.69, 9.17) is 4.74 Å². The Morgan fingerprint density at radius 2 is 1.75 bits per heavy atom. The summed E-state index contributed by atoms with van der Waals surface area (Å²) >= 11 is 0. The molecule has 2 unspecified atom stereocenters. The molecule has 0 aromatic heterocycles. The van der Waals surface area contributed by atoms with E-state index in [1.165, 1.54) is 36.8 Å². The maximum atomic E-state index is 6.28. The van der Waals surface area contributed by atoms with Crippen molar-refractivity contribution in [3.63, 3.8) is 0 Å². The number of nitrogens with one attached hydrogen (secondary N) is 1. The molecule has 1 aliphatic heterocycles. The molecule has 1 aliphatic carbocycles. The lowest BCUT2D eigenvalue weighted by Crippen LogP contribution is -2.60. The fraction of sp³-hybridized carbons (Fsp3) is 0.667. The Labute approximate surface area is 122 Å². The van der Waals surface area contributed by atoms with Crippen molar-refractivity contribution in [3.8, 4) is 0 Å². The molecule has 1 aromatic rings. The van der Waals surface area contributed by atoms with E-state index >= 15 is 0 Å². The van der Waals surface area contributed by atoms with Crippen LogP contribution in [0.1, 0.15) is 56.8 Å². The number of rotatable bonds is 1. The SMILES string of the molecule is Cc1ccc(C2OCC3(CCC(C)CC3)NC2C)cc1. The zero-order valence-corrected chi connectivity index (χ0v) is 13.0. The van der Waals surface area contributed by atoms with Crippen LogP contribution in [-0.2, 0) is 4.74 Å². The molecule has 1 spiro atoms. The van der Waals surface area contributed by atoms with Crippen LogP contribution < -0.4 is 5.32 Å². The van der Waals surface area contributed by atoms with Crippen LogP contribution in [-0.4, -0.2) is 18.2 Å². The highest BCUT2D eigenvalue weighted by Crippen LogP contribution is 2.38. The summed E-state index contributed by atoms with van der Waals surface area (Å²) in [4.78, 5) is 0. The van der Waals surface area contributed by atoms with Crippen LogP contribution >= 0.6 is 0 Å². The lowest BCUT2D eigenvalue weighted by molar-refractivity contribution is -0.0746. The Kier molecular flexibility index (Phi) is 3.87. The van der Waals surface area contributed by atoms with Gasteiger partial charge in [0.05, 0.1) is 12.7 Å². The number of aryl methyl sites for hydroxylation is 1. The summed E-state index contributed by atoms with van der Waals surface area (Å²) in [6.07, 6.45) is 5.38. The molecule has 1 saturated heterocycles. The van der Waals surface area contributed by atoms with Gasteiger partial charge < -0.3 is 10.1 Å². The summed E-state index contributed by atoms with van der Waals surface area (Å²) in [6.45, 7) is 7.63. The first-order valence-electron chi connectivity index (χ1n) is 8.04. The minimum Gasteiger partial charge on any atom is -0.370 e. The summed E-state index contributed by atoms with van der Waals surface area (Å²) in [6, 6.07) is 9.16. The van der Waals surface area contributed by atoms with Gasteiger partial charge in [0, 0.05) is 11.6 Å². The number of hydrogen-bond donors (Lipinski definition) is 1. The van der Waals surface area contributed by atoms with Crippen LogP contribution in [0.4, 0.5) is 0 Å². The van der Waals surface area contributed by atoms with E-state index in [0.29, 0.717) is 6.04 Å². The van der Waals surface area contributed by atoms with Crippen LogP contribution in [0.15, 0.2) is 24.3 Å². The minimum absolute atomic E-state index is 0.195. The topological polar surface area (TPSA) is 21.3 Å². The van der Waals surface area contributed by atoms with Gasteiger partial charge in [-0.15, -0.1) is 0 Å². The Morgan fingerprint density at radius 1 is 1.10 bits per heavy atom. The van der Waals surface area contributed by atoms with Crippen LogP contribution in [0.5, 0.6) is 0 Å². The highest BCUT2D eigenvalue weighted by Gasteiger charge is 2.41. The summed E-state index contributed by atoms with van der Waals surface area (Å²) in [5.41, 5.74) is 2.85. The van der Waals surface area contributed by atoms with E-state index in [1.807, 2.05) is 0 Å². The second-order valence-electron chi connectivity index (χ2n) is 7.04. The Morgan fingerprint density at radius 3 is 2.35 bits per heavy atom. The third-order valence-electron chi connectivity index (χ3n) is 5.16. The molecular formula is C18H27NO. The van der Waals surface area contributed by atoms with Crippen molar-refractivity contribution >= 4 is 0 Å². The smallest absolute Gasteiger partial charge is 0.0976 e. The molecule has 2 aliphatic rings. The molecule has 2 atom stereocenters. The zero-order chi connectivity index (χ0) is 14.2. The van der Waals surface area contributed by atoms with Crippen molar-refractivity contribution in [1.29, 1.82) is 0 Å². The number of benzene rings is 1. The average Bonchev–Trinajstić information content (AvgIpc) is 2.44. The molecule has 0 amide bonds. The van der Waals surface area contributed by atoms with E-state index in [1.54, 1.807) is 0 Å². The third-order valence-corrected chi connectivity index (χ3v) is 5.16. The highest BCUT2D eigenvalue weighted by molar-refractivity contribution is 5.25. The third kappa shape index (κ3) is 2.77. The van der Waals surface area contributed by atoms with Gasteiger partial charge in [0.15, 0.2) is 0 Å². The van der Waals surface area contributed by atoms with Gasteiger partial charge in [-0.3, -0.25) is 0 Å². The van der Waals surface area contributed by atoms with Gasteiger partial charge in [0.25, 0.3) is 0 Å². The van der Waals surface area contributed by atoms with Gasteiger partial charge in [-0.05, 0) is 51.0 Å². The molecule has 1 N–H and O–H groups in total. The van der Waals surface area contributed by atoms with Crippen molar-refractivity contribution < 1.29 is 4.74 Å². The van der Waals surface area contributed by atoms with Gasteiger partial charge in [0.2, 0.25) is 0 Å². The maximum Gasteiger partial charge on any atom is 0.0976 e. The summed E-state index contributed by atoms with van der Waals surface area (Å²) in [5.74, 6) is 0.882.